The number of hydrogen-bond acceptors (Lipinski definition) is 6. The van der Waals surface area contributed by atoms with Crippen molar-refractivity contribution in [2.24, 2.45) is 0 Å². The third-order valence-corrected chi connectivity index (χ3v) is 11.6. The third kappa shape index (κ3) is 45.3. The summed E-state index contributed by atoms with van der Waals surface area (Å²) in [5.74, 6) is -0.858. The Labute approximate surface area is 355 Å². The van der Waals surface area contributed by atoms with Crippen molar-refractivity contribution in [1.82, 2.24) is 0 Å². The second kappa shape index (κ2) is 47.1. The molecule has 6 nitrogen and oxygen atoms in total. The Morgan fingerprint density at radius 2 is 0.474 bits per heavy atom. The van der Waals surface area contributed by atoms with Crippen LogP contribution >= 0.6 is 0 Å². The molecule has 0 saturated carbocycles. The van der Waals surface area contributed by atoms with Crippen molar-refractivity contribution < 1.29 is 28.6 Å². The zero-order valence-electron chi connectivity index (χ0n) is 38.6. The minimum absolute atomic E-state index is 0.0632. The Morgan fingerprint density at radius 3 is 0.702 bits per heavy atom. The summed E-state index contributed by atoms with van der Waals surface area (Å²) in [6.45, 7) is 6.60. The highest BCUT2D eigenvalue weighted by molar-refractivity contribution is 5.71. The lowest BCUT2D eigenvalue weighted by molar-refractivity contribution is -0.167. The molecule has 0 rings (SSSR count). The van der Waals surface area contributed by atoms with Crippen LogP contribution in [0.25, 0.3) is 0 Å². The molecule has 0 aliphatic heterocycles. The van der Waals surface area contributed by atoms with Crippen LogP contribution in [-0.2, 0) is 28.6 Å². The highest BCUT2D eigenvalue weighted by atomic mass is 16.6. The number of hydrogen-bond donors (Lipinski definition) is 0. The molecule has 1 atom stereocenters. The van der Waals surface area contributed by atoms with Gasteiger partial charge in [-0.1, -0.05) is 252 Å². The Morgan fingerprint density at radius 1 is 0.281 bits per heavy atom. The van der Waals surface area contributed by atoms with Crippen molar-refractivity contribution in [2.45, 2.75) is 297 Å². The van der Waals surface area contributed by atoms with Gasteiger partial charge in [0.15, 0.2) is 6.10 Å². The van der Waals surface area contributed by atoms with Gasteiger partial charge in [-0.2, -0.15) is 0 Å². The van der Waals surface area contributed by atoms with Crippen LogP contribution < -0.4 is 0 Å². The summed E-state index contributed by atoms with van der Waals surface area (Å²) >= 11 is 0. The van der Waals surface area contributed by atoms with E-state index in [2.05, 4.69) is 20.8 Å². The Kier molecular flexibility index (Phi) is 45.8. The average molecular weight is 807 g/mol. The van der Waals surface area contributed by atoms with Gasteiger partial charge in [-0.15, -0.1) is 0 Å². The Hall–Kier alpha value is -1.59. The molecular weight excluding hydrogens is 709 g/mol. The fourth-order valence-electron chi connectivity index (χ4n) is 7.74. The molecule has 0 aliphatic carbocycles. The van der Waals surface area contributed by atoms with E-state index in [0.717, 1.165) is 64.2 Å². The largest absolute Gasteiger partial charge is 0.462 e. The number of rotatable bonds is 47. The Balaban J connectivity index is 4.10. The average Bonchev–Trinajstić information content (AvgIpc) is 3.21. The number of carbonyl (C=O) groups excluding carboxylic acids is 3. The lowest BCUT2D eigenvalue weighted by Gasteiger charge is -2.18. The molecule has 6 heteroatoms. The minimum Gasteiger partial charge on any atom is -0.462 e. The second-order valence-electron chi connectivity index (χ2n) is 17.5. The summed E-state index contributed by atoms with van der Waals surface area (Å²) in [4.78, 5) is 37.6. The van der Waals surface area contributed by atoms with E-state index in [9.17, 15) is 14.4 Å². The quantitative estimate of drug-likeness (QED) is 0.0346. The molecule has 0 radical (unpaired) electrons. The summed E-state index contributed by atoms with van der Waals surface area (Å²) < 4.78 is 16.7. The van der Waals surface area contributed by atoms with Crippen molar-refractivity contribution in [3.05, 3.63) is 0 Å². The second-order valence-corrected chi connectivity index (χ2v) is 17.5. The minimum atomic E-state index is -0.758. The third-order valence-electron chi connectivity index (χ3n) is 11.6. The first kappa shape index (κ1) is 55.4. The smallest absolute Gasteiger partial charge is 0.306 e. The molecule has 0 aromatic heterocycles. The highest BCUT2D eigenvalue weighted by Crippen LogP contribution is 2.17. The predicted molar refractivity (Wildman–Crippen MR) is 243 cm³/mol. The summed E-state index contributed by atoms with van der Waals surface area (Å²) in [6, 6.07) is 0. The lowest BCUT2D eigenvalue weighted by Crippen LogP contribution is -2.30. The van der Waals surface area contributed by atoms with Crippen LogP contribution in [0.1, 0.15) is 290 Å². The van der Waals surface area contributed by atoms with Gasteiger partial charge in [0.05, 0.1) is 0 Å². The van der Waals surface area contributed by atoms with E-state index in [0.29, 0.717) is 19.3 Å². The van der Waals surface area contributed by atoms with E-state index < -0.39 is 6.10 Å². The maximum atomic E-state index is 12.7. The van der Waals surface area contributed by atoms with Crippen molar-refractivity contribution in [3.8, 4) is 0 Å². The summed E-state index contributed by atoms with van der Waals surface area (Å²) in [5.41, 5.74) is 0. The first-order chi connectivity index (χ1) is 28.0. The molecule has 0 spiro atoms. The topological polar surface area (TPSA) is 78.9 Å². The molecule has 0 N–H and O–H groups in total. The molecule has 0 heterocycles. The van der Waals surface area contributed by atoms with E-state index in [1.165, 1.54) is 186 Å². The number of ether oxygens (including phenoxy) is 3. The van der Waals surface area contributed by atoms with Crippen molar-refractivity contribution in [2.75, 3.05) is 13.2 Å². The molecule has 0 aromatic rings. The van der Waals surface area contributed by atoms with Gasteiger partial charge >= 0.3 is 17.9 Å². The Bertz CT molecular complexity index is 844. The normalized spacial score (nSPS) is 11.8. The maximum Gasteiger partial charge on any atom is 0.306 e. The fourth-order valence-corrected chi connectivity index (χ4v) is 7.74. The number of esters is 3. The zero-order valence-corrected chi connectivity index (χ0v) is 38.6. The molecule has 338 valence electrons. The van der Waals surface area contributed by atoms with Gasteiger partial charge in [0, 0.05) is 19.3 Å². The van der Waals surface area contributed by atoms with Crippen LogP contribution in [0.15, 0.2) is 0 Å². The van der Waals surface area contributed by atoms with Crippen molar-refractivity contribution >= 4 is 17.9 Å². The van der Waals surface area contributed by atoms with E-state index in [1.807, 2.05) is 0 Å². The van der Waals surface area contributed by atoms with Gasteiger partial charge in [-0.25, -0.2) is 0 Å². The highest BCUT2D eigenvalue weighted by Gasteiger charge is 2.19. The van der Waals surface area contributed by atoms with Crippen molar-refractivity contribution in [3.63, 3.8) is 0 Å². The van der Waals surface area contributed by atoms with E-state index >= 15 is 0 Å². The summed E-state index contributed by atoms with van der Waals surface area (Å²) in [7, 11) is 0. The van der Waals surface area contributed by atoms with E-state index in [-0.39, 0.29) is 31.1 Å². The van der Waals surface area contributed by atoms with Crippen LogP contribution in [0.2, 0.25) is 0 Å². The number of unbranched alkanes of at least 4 members (excludes halogenated alkanes) is 36. The van der Waals surface area contributed by atoms with Gasteiger partial charge in [-0.3, -0.25) is 14.4 Å². The number of carbonyl (C=O) groups is 3. The molecule has 0 aliphatic rings. The zero-order chi connectivity index (χ0) is 41.5. The van der Waals surface area contributed by atoms with Crippen LogP contribution in [0.5, 0.6) is 0 Å². The van der Waals surface area contributed by atoms with Crippen LogP contribution in [0, 0.1) is 0 Å². The summed E-state index contributed by atoms with van der Waals surface area (Å²) in [6.07, 6.45) is 49.8. The van der Waals surface area contributed by atoms with Gasteiger partial charge in [0.25, 0.3) is 0 Å². The fraction of sp³-hybridized carbons (Fsp3) is 0.941. The van der Waals surface area contributed by atoms with Crippen molar-refractivity contribution in [1.29, 1.82) is 0 Å². The lowest BCUT2D eigenvalue weighted by atomic mass is 10.0. The standard InChI is InChI=1S/C51H98O6/c1-4-7-10-13-15-17-19-21-23-24-25-26-28-30-32-34-36-39-42-45-51(54)57-48(46-55-49(52)43-40-37-12-9-6-3)47-56-50(53)44-41-38-35-33-31-29-27-22-20-18-16-14-11-8-5-2/h48H,4-47H2,1-3H3/t48-/m0/s1. The molecule has 0 bridgehead atoms. The SMILES string of the molecule is CCCCCCCCCCCCCCCCCCCCCC(=O)O[C@@H](COC(=O)CCCCCCC)COC(=O)CCCCCCCCCCCCCCCCC. The van der Waals surface area contributed by atoms with Crippen LogP contribution in [0.3, 0.4) is 0 Å². The summed E-state index contributed by atoms with van der Waals surface area (Å²) in [5, 5.41) is 0. The van der Waals surface area contributed by atoms with E-state index in [4.69, 9.17) is 14.2 Å². The molecule has 0 aromatic carbocycles. The molecule has 0 amide bonds. The van der Waals surface area contributed by atoms with E-state index in [1.54, 1.807) is 0 Å². The molecule has 57 heavy (non-hydrogen) atoms. The van der Waals surface area contributed by atoms with Gasteiger partial charge < -0.3 is 14.2 Å². The first-order valence-corrected chi connectivity index (χ1v) is 25.5. The first-order valence-electron chi connectivity index (χ1n) is 25.5. The monoisotopic (exact) mass is 807 g/mol. The maximum absolute atomic E-state index is 12.7. The molecule has 0 fully saturated rings. The van der Waals surface area contributed by atoms with Gasteiger partial charge in [0.1, 0.15) is 13.2 Å². The molecular formula is C51H98O6. The molecule has 0 unspecified atom stereocenters. The predicted octanol–water partition coefficient (Wildman–Crippen LogP) is 16.4. The molecule has 0 saturated heterocycles. The van der Waals surface area contributed by atoms with Gasteiger partial charge in [0.2, 0.25) is 0 Å². The van der Waals surface area contributed by atoms with Crippen LogP contribution in [-0.4, -0.2) is 37.2 Å². The van der Waals surface area contributed by atoms with Gasteiger partial charge in [-0.05, 0) is 19.3 Å². The van der Waals surface area contributed by atoms with Crippen LogP contribution in [0.4, 0.5) is 0 Å².